The van der Waals surface area contributed by atoms with Gasteiger partial charge in [0, 0.05) is 7.05 Å². The summed E-state index contributed by atoms with van der Waals surface area (Å²) in [5.74, 6) is 0.532. The zero-order chi connectivity index (χ0) is 8.43. The number of hydrazone groups is 1. The maximum Gasteiger partial charge on any atom is 0.0522 e. The molecule has 11 heavy (non-hydrogen) atoms. The molecule has 0 aromatic carbocycles. The average molecular weight is 150 g/mol. The van der Waals surface area contributed by atoms with Gasteiger partial charge in [0.2, 0.25) is 0 Å². The molecular formula is C9H14N2. The minimum atomic E-state index is 0.532. The van der Waals surface area contributed by atoms with E-state index < -0.39 is 0 Å². The fraction of sp³-hybridized carbons (Fsp3) is 0.444. The maximum absolute atomic E-state index is 4.15. The van der Waals surface area contributed by atoms with Gasteiger partial charge in [-0.3, -0.25) is 5.01 Å². The second kappa shape index (κ2) is 2.91. The zero-order valence-corrected chi connectivity index (χ0v) is 7.33. The van der Waals surface area contributed by atoms with Crippen LogP contribution in [0.2, 0.25) is 0 Å². The normalized spacial score (nSPS) is 17.6. The highest BCUT2D eigenvalue weighted by Gasteiger charge is 2.07. The summed E-state index contributed by atoms with van der Waals surface area (Å²) in [5, 5.41) is 5.92. The van der Waals surface area contributed by atoms with Crippen LogP contribution in [0, 0.1) is 5.92 Å². The molecule has 1 heterocycles. The maximum atomic E-state index is 4.15. The highest BCUT2D eigenvalue weighted by Crippen LogP contribution is 2.15. The van der Waals surface area contributed by atoms with Crippen LogP contribution in [0.25, 0.3) is 0 Å². The standard InChI is InChI=1S/C9H14N2/c1-7(2)9-5-8(3)11(4)10-6-9/h5-7H,3H2,1-2,4H3. The van der Waals surface area contributed by atoms with Crippen molar-refractivity contribution in [2.24, 2.45) is 11.0 Å². The van der Waals surface area contributed by atoms with E-state index in [-0.39, 0.29) is 0 Å². The summed E-state index contributed by atoms with van der Waals surface area (Å²) in [6.45, 7) is 8.16. The highest BCUT2D eigenvalue weighted by atomic mass is 15.4. The van der Waals surface area contributed by atoms with Gasteiger partial charge in [0.1, 0.15) is 0 Å². The van der Waals surface area contributed by atoms with Crippen molar-refractivity contribution in [1.82, 2.24) is 5.01 Å². The first-order valence-electron chi connectivity index (χ1n) is 3.79. The smallest absolute Gasteiger partial charge is 0.0522 e. The molecule has 0 aromatic rings. The van der Waals surface area contributed by atoms with Gasteiger partial charge in [0.15, 0.2) is 0 Å². The fourth-order valence-corrected chi connectivity index (χ4v) is 0.866. The molecule has 0 aliphatic carbocycles. The van der Waals surface area contributed by atoms with E-state index in [2.05, 4.69) is 31.6 Å². The summed E-state index contributed by atoms with van der Waals surface area (Å²) in [6.07, 6.45) is 3.96. The molecule has 1 aliphatic heterocycles. The summed E-state index contributed by atoms with van der Waals surface area (Å²) in [5.41, 5.74) is 2.20. The molecule has 0 amide bonds. The molecule has 0 saturated carbocycles. The molecule has 60 valence electrons. The molecule has 0 bridgehead atoms. The minimum Gasteiger partial charge on any atom is -0.269 e. The quantitative estimate of drug-likeness (QED) is 0.558. The van der Waals surface area contributed by atoms with Gasteiger partial charge in [-0.15, -0.1) is 0 Å². The summed E-state index contributed by atoms with van der Waals surface area (Å²) in [4.78, 5) is 0. The van der Waals surface area contributed by atoms with E-state index in [1.54, 1.807) is 5.01 Å². The summed E-state index contributed by atoms with van der Waals surface area (Å²) < 4.78 is 0. The van der Waals surface area contributed by atoms with Crippen LogP contribution in [0.15, 0.2) is 29.0 Å². The molecule has 1 rings (SSSR count). The third-order valence-corrected chi connectivity index (χ3v) is 1.80. The predicted molar refractivity (Wildman–Crippen MR) is 48.3 cm³/mol. The third-order valence-electron chi connectivity index (χ3n) is 1.80. The van der Waals surface area contributed by atoms with Crippen LogP contribution in [0.4, 0.5) is 0 Å². The lowest BCUT2D eigenvalue weighted by molar-refractivity contribution is 0.458. The van der Waals surface area contributed by atoms with Gasteiger partial charge < -0.3 is 0 Å². The molecule has 0 fully saturated rings. The van der Waals surface area contributed by atoms with Gasteiger partial charge in [0.05, 0.1) is 11.9 Å². The SMILES string of the molecule is C=C1C=C(C(C)C)C=NN1C. The molecule has 1 aliphatic rings. The zero-order valence-electron chi connectivity index (χ0n) is 7.33. The summed E-state index contributed by atoms with van der Waals surface area (Å²) in [7, 11) is 1.90. The van der Waals surface area contributed by atoms with E-state index in [4.69, 9.17) is 0 Å². The Morgan fingerprint density at radius 3 is 2.64 bits per heavy atom. The lowest BCUT2D eigenvalue weighted by Crippen LogP contribution is -2.14. The van der Waals surface area contributed by atoms with E-state index >= 15 is 0 Å². The Morgan fingerprint density at radius 1 is 1.55 bits per heavy atom. The number of hydrogen-bond donors (Lipinski definition) is 0. The Balaban J connectivity index is 2.80. The van der Waals surface area contributed by atoms with Gasteiger partial charge in [-0.2, -0.15) is 5.10 Å². The Hall–Kier alpha value is -1.05. The van der Waals surface area contributed by atoms with E-state index in [0.29, 0.717) is 5.92 Å². The van der Waals surface area contributed by atoms with Crippen LogP contribution in [0.5, 0.6) is 0 Å². The first-order chi connectivity index (χ1) is 5.11. The Bertz CT molecular complexity index is 224. The van der Waals surface area contributed by atoms with Crippen molar-refractivity contribution < 1.29 is 0 Å². The van der Waals surface area contributed by atoms with Crippen LogP contribution in [0.3, 0.4) is 0 Å². The number of likely N-dealkylation sites (N-methyl/N-ethyl adjacent to an activating group) is 1. The molecule has 2 heteroatoms. The second-order valence-corrected chi connectivity index (χ2v) is 3.06. The fourth-order valence-electron chi connectivity index (χ4n) is 0.866. The van der Waals surface area contributed by atoms with E-state index in [0.717, 1.165) is 5.70 Å². The monoisotopic (exact) mass is 150 g/mol. The van der Waals surface area contributed by atoms with Crippen molar-refractivity contribution in [1.29, 1.82) is 0 Å². The number of rotatable bonds is 1. The molecule has 0 aromatic heterocycles. The lowest BCUT2D eigenvalue weighted by Gasteiger charge is -2.19. The van der Waals surface area contributed by atoms with E-state index in [9.17, 15) is 0 Å². The Morgan fingerprint density at radius 2 is 2.18 bits per heavy atom. The van der Waals surface area contributed by atoms with Crippen LogP contribution < -0.4 is 0 Å². The van der Waals surface area contributed by atoms with Crippen molar-refractivity contribution in [2.75, 3.05) is 7.05 Å². The number of hydrogen-bond acceptors (Lipinski definition) is 2. The molecule has 0 N–H and O–H groups in total. The third kappa shape index (κ3) is 1.70. The Kier molecular flexibility index (Phi) is 2.13. The van der Waals surface area contributed by atoms with Crippen molar-refractivity contribution in [3.63, 3.8) is 0 Å². The summed E-state index contributed by atoms with van der Waals surface area (Å²) in [6, 6.07) is 0. The highest BCUT2D eigenvalue weighted by molar-refractivity contribution is 5.80. The van der Waals surface area contributed by atoms with Crippen LogP contribution >= 0.6 is 0 Å². The van der Waals surface area contributed by atoms with E-state index in [1.165, 1.54) is 5.57 Å². The average Bonchev–Trinajstić information content (AvgIpc) is 1.94. The van der Waals surface area contributed by atoms with E-state index in [1.807, 2.05) is 13.3 Å². The molecule has 0 unspecified atom stereocenters. The second-order valence-electron chi connectivity index (χ2n) is 3.06. The van der Waals surface area contributed by atoms with Gasteiger partial charge in [-0.1, -0.05) is 20.4 Å². The summed E-state index contributed by atoms with van der Waals surface area (Å²) >= 11 is 0. The molecule has 0 atom stereocenters. The first kappa shape index (κ1) is 8.05. The van der Waals surface area contributed by atoms with Gasteiger partial charge in [0.25, 0.3) is 0 Å². The predicted octanol–water partition coefficient (Wildman–Crippen LogP) is 2.01. The van der Waals surface area contributed by atoms with Crippen LogP contribution in [0.1, 0.15) is 13.8 Å². The van der Waals surface area contributed by atoms with Crippen LogP contribution in [-0.2, 0) is 0 Å². The molecule has 0 spiro atoms. The number of allylic oxidation sites excluding steroid dienone is 2. The first-order valence-corrected chi connectivity index (χ1v) is 3.79. The molecular weight excluding hydrogens is 136 g/mol. The van der Waals surface area contributed by atoms with Crippen molar-refractivity contribution in [3.05, 3.63) is 23.9 Å². The van der Waals surface area contributed by atoms with Crippen molar-refractivity contribution in [2.45, 2.75) is 13.8 Å². The Labute approximate surface area is 67.9 Å². The topological polar surface area (TPSA) is 15.6 Å². The van der Waals surface area contributed by atoms with Gasteiger partial charge in [-0.25, -0.2) is 0 Å². The van der Waals surface area contributed by atoms with Crippen LogP contribution in [-0.4, -0.2) is 18.3 Å². The number of nitrogens with zero attached hydrogens (tertiary/aromatic N) is 2. The van der Waals surface area contributed by atoms with Gasteiger partial charge >= 0.3 is 0 Å². The molecule has 0 radical (unpaired) electrons. The largest absolute Gasteiger partial charge is 0.269 e. The lowest BCUT2D eigenvalue weighted by atomic mass is 10.0. The molecule has 2 nitrogen and oxygen atoms in total. The van der Waals surface area contributed by atoms with Gasteiger partial charge in [-0.05, 0) is 17.6 Å². The minimum absolute atomic E-state index is 0.532. The molecule has 0 saturated heterocycles. The van der Waals surface area contributed by atoms with Crippen molar-refractivity contribution >= 4 is 6.21 Å². The van der Waals surface area contributed by atoms with Crippen molar-refractivity contribution in [3.8, 4) is 0 Å².